The third-order valence-electron chi connectivity index (χ3n) is 2.93. The van der Waals surface area contributed by atoms with E-state index in [4.69, 9.17) is 0 Å². The zero-order chi connectivity index (χ0) is 13.1. The summed E-state index contributed by atoms with van der Waals surface area (Å²) in [6, 6.07) is 0. The van der Waals surface area contributed by atoms with Crippen molar-refractivity contribution in [3.05, 3.63) is 0 Å². The van der Waals surface area contributed by atoms with Crippen LogP contribution in [0.15, 0.2) is 0 Å². The fourth-order valence-electron chi connectivity index (χ4n) is 1.84. The molecule has 17 heavy (non-hydrogen) atoms. The zero-order valence-electron chi connectivity index (χ0n) is 10.7. The number of sulfonamides is 1. The molecule has 0 aliphatic carbocycles. The van der Waals surface area contributed by atoms with Crippen LogP contribution in [0.2, 0.25) is 0 Å². The number of amides is 1. The summed E-state index contributed by atoms with van der Waals surface area (Å²) >= 11 is 0. The van der Waals surface area contributed by atoms with Gasteiger partial charge in [-0.05, 0) is 6.42 Å². The van der Waals surface area contributed by atoms with Gasteiger partial charge < -0.3 is 0 Å². The highest BCUT2D eigenvalue weighted by molar-refractivity contribution is 7.88. The number of piperazine rings is 1. The van der Waals surface area contributed by atoms with Crippen LogP contribution in [-0.2, 0) is 14.8 Å². The number of hydrazine groups is 1. The fourth-order valence-corrected chi connectivity index (χ4v) is 2.67. The minimum Gasteiger partial charge on any atom is -0.278 e. The summed E-state index contributed by atoms with van der Waals surface area (Å²) < 4.78 is 24.1. The second-order valence-corrected chi connectivity index (χ2v) is 6.27. The maximum Gasteiger partial charge on any atom is 0.236 e. The Morgan fingerprint density at radius 3 is 2.18 bits per heavy atom. The zero-order valence-corrected chi connectivity index (χ0v) is 11.5. The maximum absolute atomic E-state index is 11.7. The molecule has 1 aliphatic rings. The van der Waals surface area contributed by atoms with Gasteiger partial charge in [-0.2, -0.15) is 4.31 Å². The molecule has 0 aromatic rings. The molecule has 0 N–H and O–H groups in total. The highest BCUT2D eigenvalue weighted by atomic mass is 32.2. The SMILES string of the molecule is CCCC(=O)N(C)N1CCN(S(C)(=O)=O)CC1. The van der Waals surface area contributed by atoms with Crippen molar-refractivity contribution in [2.24, 2.45) is 0 Å². The van der Waals surface area contributed by atoms with E-state index in [0.29, 0.717) is 32.6 Å². The first kappa shape index (κ1) is 14.4. The van der Waals surface area contributed by atoms with Crippen molar-refractivity contribution in [3.8, 4) is 0 Å². The fraction of sp³-hybridized carbons (Fsp3) is 0.900. The molecule has 1 amide bonds. The van der Waals surface area contributed by atoms with Crippen molar-refractivity contribution in [2.75, 3.05) is 39.5 Å². The monoisotopic (exact) mass is 263 g/mol. The Labute approximate surface area is 103 Å². The first-order valence-electron chi connectivity index (χ1n) is 5.82. The van der Waals surface area contributed by atoms with Crippen molar-refractivity contribution < 1.29 is 13.2 Å². The van der Waals surface area contributed by atoms with Gasteiger partial charge in [0, 0.05) is 39.6 Å². The summed E-state index contributed by atoms with van der Waals surface area (Å²) in [5.74, 6) is 0.0836. The maximum atomic E-state index is 11.7. The molecule has 0 atom stereocenters. The molecule has 0 saturated carbocycles. The van der Waals surface area contributed by atoms with Crippen LogP contribution in [0, 0.1) is 0 Å². The topological polar surface area (TPSA) is 60.9 Å². The van der Waals surface area contributed by atoms with E-state index < -0.39 is 10.0 Å². The second-order valence-electron chi connectivity index (χ2n) is 4.28. The molecule has 1 rings (SSSR count). The number of hydrogen-bond acceptors (Lipinski definition) is 4. The number of rotatable bonds is 4. The van der Waals surface area contributed by atoms with Crippen molar-refractivity contribution in [1.82, 2.24) is 14.3 Å². The highest BCUT2D eigenvalue weighted by Crippen LogP contribution is 2.09. The average molecular weight is 263 g/mol. The van der Waals surface area contributed by atoms with E-state index in [1.165, 1.54) is 10.6 Å². The summed E-state index contributed by atoms with van der Waals surface area (Å²) in [4.78, 5) is 11.7. The van der Waals surface area contributed by atoms with Crippen molar-refractivity contribution in [1.29, 1.82) is 0 Å². The van der Waals surface area contributed by atoms with Crippen LogP contribution in [0.4, 0.5) is 0 Å². The lowest BCUT2D eigenvalue weighted by molar-refractivity contribution is -0.147. The van der Waals surface area contributed by atoms with Gasteiger partial charge in [-0.1, -0.05) is 6.92 Å². The lowest BCUT2D eigenvalue weighted by Gasteiger charge is -2.38. The van der Waals surface area contributed by atoms with E-state index >= 15 is 0 Å². The Morgan fingerprint density at radius 1 is 1.24 bits per heavy atom. The Kier molecular flexibility index (Phi) is 4.91. The predicted octanol–water partition coefficient (Wildman–Crippen LogP) is -0.263. The molecule has 1 aliphatic heterocycles. The van der Waals surface area contributed by atoms with E-state index in [9.17, 15) is 13.2 Å². The van der Waals surface area contributed by atoms with Crippen LogP contribution in [0.25, 0.3) is 0 Å². The van der Waals surface area contributed by atoms with Crippen LogP contribution < -0.4 is 0 Å². The average Bonchev–Trinajstić information content (AvgIpc) is 2.27. The summed E-state index contributed by atoms with van der Waals surface area (Å²) in [5.41, 5.74) is 0. The lowest BCUT2D eigenvalue weighted by atomic mass is 10.3. The van der Waals surface area contributed by atoms with E-state index in [0.717, 1.165) is 6.42 Å². The normalized spacial score (nSPS) is 19.2. The van der Waals surface area contributed by atoms with E-state index in [-0.39, 0.29) is 5.91 Å². The summed E-state index contributed by atoms with van der Waals surface area (Å²) in [6.45, 7) is 4.00. The van der Waals surface area contributed by atoms with Crippen molar-refractivity contribution >= 4 is 15.9 Å². The third-order valence-corrected chi connectivity index (χ3v) is 4.24. The summed E-state index contributed by atoms with van der Waals surface area (Å²) in [5, 5.41) is 3.52. The van der Waals surface area contributed by atoms with Gasteiger partial charge in [0.15, 0.2) is 0 Å². The van der Waals surface area contributed by atoms with Gasteiger partial charge in [0.1, 0.15) is 0 Å². The molecule has 1 heterocycles. The van der Waals surface area contributed by atoms with E-state index in [2.05, 4.69) is 0 Å². The molecular weight excluding hydrogens is 242 g/mol. The Bertz CT molecular complexity index is 361. The first-order chi connectivity index (χ1) is 7.86. The number of carbonyl (C=O) groups is 1. The highest BCUT2D eigenvalue weighted by Gasteiger charge is 2.26. The molecule has 6 nitrogen and oxygen atoms in total. The number of nitrogens with zero attached hydrogens (tertiary/aromatic N) is 3. The third kappa shape index (κ3) is 3.93. The van der Waals surface area contributed by atoms with Gasteiger partial charge in [0.25, 0.3) is 0 Å². The van der Waals surface area contributed by atoms with Gasteiger partial charge >= 0.3 is 0 Å². The van der Waals surface area contributed by atoms with Crippen LogP contribution >= 0.6 is 0 Å². The van der Waals surface area contributed by atoms with Gasteiger partial charge in [0.2, 0.25) is 15.9 Å². The Morgan fingerprint density at radius 2 is 1.76 bits per heavy atom. The number of carbonyl (C=O) groups excluding carboxylic acids is 1. The molecule has 100 valence electrons. The minimum atomic E-state index is -3.10. The Balaban J connectivity index is 2.49. The first-order valence-corrected chi connectivity index (χ1v) is 7.67. The van der Waals surface area contributed by atoms with Crippen molar-refractivity contribution in [2.45, 2.75) is 19.8 Å². The van der Waals surface area contributed by atoms with Crippen LogP contribution in [0.3, 0.4) is 0 Å². The summed E-state index contributed by atoms with van der Waals surface area (Å²) in [7, 11) is -1.36. The molecule has 1 saturated heterocycles. The van der Waals surface area contributed by atoms with Crippen LogP contribution in [0.5, 0.6) is 0 Å². The summed E-state index contributed by atoms with van der Waals surface area (Å²) in [6.07, 6.45) is 2.57. The molecule has 0 bridgehead atoms. The van der Waals surface area contributed by atoms with Crippen molar-refractivity contribution in [3.63, 3.8) is 0 Å². The van der Waals surface area contributed by atoms with E-state index in [1.54, 1.807) is 12.1 Å². The molecule has 0 spiro atoms. The van der Waals surface area contributed by atoms with Gasteiger partial charge in [-0.3, -0.25) is 9.80 Å². The molecule has 7 heteroatoms. The molecule has 1 fully saturated rings. The Hall–Kier alpha value is -0.660. The van der Waals surface area contributed by atoms with Crippen LogP contribution in [-0.4, -0.2) is 68.1 Å². The molecule has 0 unspecified atom stereocenters. The largest absolute Gasteiger partial charge is 0.278 e. The lowest BCUT2D eigenvalue weighted by Crippen LogP contribution is -2.55. The standard InChI is InChI=1S/C10H21N3O3S/c1-4-5-10(14)11(2)12-6-8-13(9-7-12)17(3,15)16/h4-9H2,1-3H3. The number of hydrogen-bond donors (Lipinski definition) is 0. The molecular formula is C10H21N3O3S. The second kappa shape index (κ2) is 5.79. The van der Waals surface area contributed by atoms with Gasteiger partial charge in [-0.15, -0.1) is 0 Å². The van der Waals surface area contributed by atoms with E-state index in [1.807, 2.05) is 11.9 Å². The molecule has 0 aromatic heterocycles. The quantitative estimate of drug-likeness (QED) is 0.701. The van der Waals surface area contributed by atoms with Gasteiger partial charge in [-0.25, -0.2) is 13.4 Å². The van der Waals surface area contributed by atoms with Gasteiger partial charge in [0.05, 0.1) is 6.26 Å². The van der Waals surface area contributed by atoms with Crippen LogP contribution in [0.1, 0.15) is 19.8 Å². The predicted molar refractivity (Wildman–Crippen MR) is 65.7 cm³/mol. The molecule has 0 radical (unpaired) electrons. The molecule has 0 aromatic carbocycles. The smallest absolute Gasteiger partial charge is 0.236 e. The minimum absolute atomic E-state index is 0.0836.